The molecule has 0 bridgehead atoms. The van der Waals surface area contributed by atoms with Gasteiger partial charge in [-0.25, -0.2) is 9.59 Å². The average molecular weight is 385 g/mol. The van der Waals surface area contributed by atoms with E-state index in [4.69, 9.17) is 9.47 Å². The van der Waals surface area contributed by atoms with Crippen LogP contribution >= 0.6 is 0 Å². The summed E-state index contributed by atoms with van der Waals surface area (Å²) in [5.41, 5.74) is 0.0703. The van der Waals surface area contributed by atoms with Crippen molar-refractivity contribution in [1.82, 2.24) is 10.2 Å². The number of nitrogens with one attached hydrogen (secondary N) is 1. The molecule has 6 heteroatoms. The van der Waals surface area contributed by atoms with Crippen LogP contribution in [0.1, 0.15) is 62.3 Å². The smallest absolute Gasteiger partial charge is 0.407 e. The van der Waals surface area contributed by atoms with E-state index < -0.39 is 11.7 Å². The predicted octanol–water partition coefficient (Wildman–Crippen LogP) is 4.00. The molecule has 158 valence electrons. The van der Waals surface area contributed by atoms with Crippen LogP contribution in [-0.2, 0) is 14.3 Å². The number of likely N-dealkylation sites (N-methyl/N-ethyl adjacent to an activating group) is 1. The number of hydrogen-bond donors (Lipinski definition) is 1. The molecule has 27 heavy (non-hydrogen) atoms. The molecular formula is C21H40N2O4. The molecule has 0 rings (SSSR count). The van der Waals surface area contributed by atoms with Gasteiger partial charge in [0.05, 0.1) is 6.61 Å². The molecule has 0 aromatic heterocycles. The highest BCUT2D eigenvalue weighted by atomic mass is 16.6. The maximum atomic E-state index is 12.2. The maximum Gasteiger partial charge on any atom is 0.407 e. The lowest BCUT2D eigenvalue weighted by atomic mass is 9.97. The summed E-state index contributed by atoms with van der Waals surface area (Å²) < 4.78 is 10.5. The van der Waals surface area contributed by atoms with E-state index in [1.54, 1.807) is 13.8 Å². The molecule has 6 nitrogen and oxygen atoms in total. The molecular weight excluding hydrogens is 344 g/mol. The number of carbonyl (C=O) groups is 2. The second kappa shape index (κ2) is 11.3. The Bertz CT molecular complexity index is 507. The molecule has 2 atom stereocenters. The monoisotopic (exact) mass is 384 g/mol. The summed E-state index contributed by atoms with van der Waals surface area (Å²) in [5.74, 6) is 0.250. The van der Waals surface area contributed by atoms with Crippen molar-refractivity contribution in [2.75, 3.05) is 20.2 Å². The van der Waals surface area contributed by atoms with Crippen molar-refractivity contribution in [2.45, 2.75) is 80.0 Å². The number of amides is 1. The number of hydrogen-bond acceptors (Lipinski definition) is 5. The van der Waals surface area contributed by atoms with Crippen molar-refractivity contribution in [3.05, 3.63) is 11.6 Å². The number of nitrogens with zero attached hydrogens (tertiary/aromatic N) is 1. The molecule has 1 amide bonds. The average Bonchev–Trinajstić information content (AvgIpc) is 2.49. The molecule has 1 N–H and O–H groups in total. The summed E-state index contributed by atoms with van der Waals surface area (Å²) in [6, 6.07) is -0.0153. The van der Waals surface area contributed by atoms with Crippen molar-refractivity contribution < 1.29 is 19.1 Å². The zero-order valence-corrected chi connectivity index (χ0v) is 18.9. The summed E-state index contributed by atoms with van der Waals surface area (Å²) in [6.45, 7) is 18.5. The summed E-state index contributed by atoms with van der Waals surface area (Å²) in [7, 11) is 2.01. The van der Waals surface area contributed by atoms with Gasteiger partial charge in [0.15, 0.2) is 0 Å². The first-order chi connectivity index (χ1) is 12.3. The molecule has 0 aliphatic heterocycles. The number of esters is 1. The van der Waals surface area contributed by atoms with Gasteiger partial charge in [-0.15, -0.1) is 0 Å². The largest absolute Gasteiger partial charge is 0.463 e. The first kappa shape index (κ1) is 25.4. The molecule has 0 aliphatic carbocycles. The summed E-state index contributed by atoms with van der Waals surface area (Å²) >= 11 is 0. The summed E-state index contributed by atoms with van der Waals surface area (Å²) in [4.78, 5) is 26.3. The Kier molecular flexibility index (Phi) is 10.7. The fraction of sp³-hybridized carbons (Fsp3) is 0.810. The van der Waals surface area contributed by atoms with Crippen LogP contribution in [0.3, 0.4) is 0 Å². The van der Waals surface area contributed by atoms with E-state index in [1.165, 1.54) is 0 Å². The van der Waals surface area contributed by atoms with Crippen LogP contribution < -0.4 is 5.32 Å². The Morgan fingerprint density at radius 1 is 1.11 bits per heavy atom. The number of ether oxygens (including phenoxy) is 2. The highest BCUT2D eigenvalue weighted by Gasteiger charge is 2.26. The second-order valence-electron chi connectivity index (χ2n) is 8.74. The van der Waals surface area contributed by atoms with Crippen molar-refractivity contribution in [3.8, 4) is 0 Å². The van der Waals surface area contributed by atoms with Gasteiger partial charge in [0.1, 0.15) is 5.60 Å². The van der Waals surface area contributed by atoms with Crippen LogP contribution in [0.15, 0.2) is 11.6 Å². The Hall–Kier alpha value is -1.56. The third-order valence-electron chi connectivity index (χ3n) is 4.20. The lowest BCUT2D eigenvalue weighted by molar-refractivity contribution is -0.138. The summed E-state index contributed by atoms with van der Waals surface area (Å²) in [5, 5.41) is 2.98. The number of carbonyl (C=O) groups excluding carboxylic acids is 2. The standard InChI is InChI=1S/C21H40N2O4/c1-11-26-19(24)16(6)12-18(15(4)5)23(10)13-17(14(2)3)22-20(25)27-21(7,8)9/h12,14-15,17-18H,11,13H2,1-10H3,(H,22,25)/b16-12+/t17?,18-/m1/s1. The van der Waals surface area contributed by atoms with E-state index in [0.717, 1.165) is 0 Å². The van der Waals surface area contributed by atoms with E-state index in [1.807, 2.05) is 33.9 Å². The van der Waals surface area contributed by atoms with E-state index >= 15 is 0 Å². The zero-order chi connectivity index (χ0) is 21.4. The molecule has 1 unspecified atom stereocenters. The fourth-order valence-corrected chi connectivity index (χ4v) is 2.71. The zero-order valence-electron chi connectivity index (χ0n) is 18.9. The Morgan fingerprint density at radius 2 is 1.67 bits per heavy atom. The molecule has 0 aliphatic rings. The SMILES string of the molecule is CCOC(=O)/C(C)=C/[C@H](C(C)C)N(C)CC(NC(=O)OC(C)(C)C)C(C)C. The fourth-order valence-electron chi connectivity index (χ4n) is 2.71. The summed E-state index contributed by atoms with van der Waals surface area (Å²) in [6.07, 6.45) is 1.54. The van der Waals surface area contributed by atoms with Crippen molar-refractivity contribution in [1.29, 1.82) is 0 Å². The molecule has 0 fully saturated rings. The highest BCUT2D eigenvalue weighted by Crippen LogP contribution is 2.16. The Labute approximate surface area is 165 Å². The molecule has 0 saturated carbocycles. The predicted molar refractivity (Wildman–Crippen MR) is 110 cm³/mol. The molecule has 0 spiro atoms. The van der Waals surface area contributed by atoms with E-state index in [-0.39, 0.29) is 24.0 Å². The topological polar surface area (TPSA) is 67.9 Å². The van der Waals surface area contributed by atoms with Crippen molar-refractivity contribution in [3.63, 3.8) is 0 Å². The lowest BCUT2D eigenvalue weighted by Crippen LogP contribution is -2.50. The van der Waals surface area contributed by atoms with Crippen LogP contribution in [0.2, 0.25) is 0 Å². The van der Waals surface area contributed by atoms with Gasteiger partial charge in [0.2, 0.25) is 0 Å². The minimum Gasteiger partial charge on any atom is -0.463 e. The van der Waals surface area contributed by atoms with Gasteiger partial charge in [0, 0.05) is 24.2 Å². The molecule has 0 saturated heterocycles. The van der Waals surface area contributed by atoms with Gasteiger partial charge in [-0.05, 0) is 53.5 Å². The molecule has 0 heterocycles. The Morgan fingerprint density at radius 3 is 2.07 bits per heavy atom. The van der Waals surface area contributed by atoms with Crippen molar-refractivity contribution >= 4 is 12.1 Å². The molecule has 0 radical (unpaired) electrons. The molecule has 0 aromatic carbocycles. The van der Waals surface area contributed by atoms with Crippen LogP contribution in [0.25, 0.3) is 0 Å². The minimum absolute atomic E-state index is 0.0519. The first-order valence-electron chi connectivity index (χ1n) is 9.83. The van der Waals surface area contributed by atoms with Gasteiger partial charge >= 0.3 is 12.1 Å². The van der Waals surface area contributed by atoms with Crippen LogP contribution in [0.5, 0.6) is 0 Å². The van der Waals surface area contributed by atoms with Gasteiger partial charge in [-0.3, -0.25) is 4.90 Å². The normalized spacial score (nSPS) is 15.1. The first-order valence-corrected chi connectivity index (χ1v) is 9.83. The highest BCUT2D eigenvalue weighted by molar-refractivity contribution is 5.87. The van der Waals surface area contributed by atoms with Gasteiger partial charge in [-0.1, -0.05) is 33.8 Å². The van der Waals surface area contributed by atoms with Gasteiger partial charge in [-0.2, -0.15) is 0 Å². The van der Waals surface area contributed by atoms with E-state index in [0.29, 0.717) is 24.6 Å². The third-order valence-corrected chi connectivity index (χ3v) is 4.20. The maximum absolute atomic E-state index is 12.2. The quantitative estimate of drug-likeness (QED) is 0.481. The van der Waals surface area contributed by atoms with Gasteiger partial charge in [0.25, 0.3) is 0 Å². The second-order valence-corrected chi connectivity index (χ2v) is 8.74. The van der Waals surface area contributed by atoms with Crippen LogP contribution in [-0.4, -0.2) is 54.8 Å². The third kappa shape index (κ3) is 10.4. The van der Waals surface area contributed by atoms with Crippen LogP contribution in [0.4, 0.5) is 4.79 Å². The lowest BCUT2D eigenvalue weighted by Gasteiger charge is -2.34. The Balaban J connectivity index is 5.20. The minimum atomic E-state index is -0.530. The number of alkyl carbamates (subject to hydrolysis) is 1. The van der Waals surface area contributed by atoms with Gasteiger partial charge < -0.3 is 14.8 Å². The van der Waals surface area contributed by atoms with Crippen molar-refractivity contribution in [2.24, 2.45) is 11.8 Å². The van der Waals surface area contributed by atoms with Crippen LogP contribution in [0, 0.1) is 11.8 Å². The number of rotatable bonds is 9. The van der Waals surface area contributed by atoms with E-state index in [2.05, 4.69) is 37.9 Å². The molecule has 0 aromatic rings. The van der Waals surface area contributed by atoms with E-state index in [9.17, 15) is 9.59 Å².